The van der Waals surface area contributed by atoms with E-state index in [-0.39, 0.29) is 17.5 Å². The third kappa shape index (κ3) is 4.69. The number of hydrogen-bond acceptors (Lipinski definition) is 3. The summed E-state index contributed by atoms with van der Waals surface area (Å²) >= 11 is 0. The highest BCUT2D eigenvalue weighted by Crippen LogP contribution is 2.34. The Balaban J connectivity index is 1.52. The highest BCUT2D eigenvalue weighted by Gasteiger charge is 2.32. The number of aliphatic imine (C=N–C) groups is 1. The Hall–Kier alpha value is -3.98. The van der Waals surface area contributed by atoms with Gasteiger partial charge in [0.15, 0.2) is 5.78 Å². The van der Waals surface area contributed by atoms with E-state index in [1.165, 1.54) is 0 Å². The van der Waals surface area contributed by atoms with Crippen molar-refractivity contribution in [1.29, 1.82) is 0 Å². The molecule has 0 amide bonds. The molecule has 0 bridgehead atoms. The van der Waals surface area contributed by atoms with Crippen molar-refractivity contribution in [2.24, 2.45) is 4.99 Å². The van der Waals surface area contributed by atoms with E-state index in [1.807, 2.05) is 72.8 Å². The van der Waals surface area contributed by atoms with Crippen LogP contribution < -0.4 is 0 Å². The van der Waals surface area contributed by atoms with Crippen molar-refractivity contribution < 1.29 is 9.90 Å². The normalized spacial score (nSPS) is 18.9. The summed E-state index contributed by atoms with van der Waals surface area (Å²) in [6.45, 7) is 0.482. The lowest BCUT2D eigenvalue weighted by Crippen LogP contribution is -2.27. The number of ketones is 1. The van der Waals surface area contributed by atoms with Crippen LogP contribution in [0.5, 0.6) is 0 Å². The van der Waals surface area contributed by atoms with Gasteiger partial charge in [0.1, 0.15) is 5.76 Å². The fourth-order valence-electron chi connectivity index (χ4n) is 4.81. The molecule has 34 heavy (non-hydrogen) atoms. The van der Waals surface area contributed by atoms with Gasteiger partial charge in [-0.15, -0.1) is 0 Å². The number of fused-ring (bicyclic) bond motifs is 1. The van der Waals surface area contributed by atoms with Gasteiger partial charge in [-0.25, -0.2) is 0 Å². The van der Waals surface area contributed by atoms with Crippen LogP contribution in [0.2, 0.25) is 0 Å². The molecule has 1 N–H and O–H groups in total. The molecule has 5 rings (SSSR count). The first kappa shape index (κ1) is 21.8. The Morgan fingerprint density at radius 1 is 0.794 bits per heavy atom. The summed E-state index contributed by atoms with van der Waals surface area (Å²) in [6.07, 6.45) is 1.32. The van der Waals surface area contributed by atoms with Gasteiger partial charge in [0.05, 0.1) is 17.8 Å². The lowest BCUT2D eigenvalue weighted by molar-refractivity contribution is -0.115. The van der Waals surface area contributed by atoms with Crippen LogP contribution in [-0.2, 0) is 17.8 Å². The summed E-state index contributed by atoms with van der Waals surface area (Å²) in [7, 11) is 0. The third-order valence-electron chi connectivity index (χ3n) is 6.53. The second-order valence-electron chi connectivity index (χ2n) is 8.82. The maximum atomic E-state index is 13.4. The zero-order valence-electron chi connectivity index (χ0n) is 19.0. The maximum Gasteiger partial charge on any atom is 0.168 e. The molecule has 4 aromatic carbocycles. The van der Waals surface area contributed by atoms with Crippen molar-refractivity contribution in [2.45, 2.75) is 31.7 Å². The fourth-order valence-corrected chi connectivity index (χ4v) is 4.81. The van der Waals surface area contributed by atoms with Gasteiger partial charge in [-0.1, -0.05) is 103 Å². The number of allylic oxidation sites excluding steroid dienone is 2. The Kier molecular flexibility index (Phi) is 6.35. The van der Waals surface area contributed by atoms with Crippen molar-refractivity contribution in [2.75, 3.05) is 0 Å². The number of carbonyl (C=O) groups excluding carboxylic acids is 1. The predicted octanol–water partition coefficient (Wildman–Crippen LogP) is 6.98. The van der Waals surface area contributed by atoms with Crippen molar-refractivity contribution >= 4 is 22.3 Å². The zero-order valence-corrected chi connectivity index (χ0v) is 19.0. The first-order valence-electron chi connectivity index (χ1n) is 11.7. The summed E-state index contributed by atoms with van der Waals surface area (Å²) in [5.41, 5.74) is 4.32. The molecule has 0 aliphatic heterocycles. The van der Waals surface area contributed by atoms with Gasteiger partial charge in [0.2, 0.25) is 0 Å². The third-order valence-corrected chi connectivity index (χ3v) is 6.53. The van der Waals surface area contributed by atoms with Crippen LogP contribution in [0.25, 0.3) is 10.8 Å². The number of nitrogens with zero attached hydrogens (tertiary/aromatic N) is 1. The second kappa shape index (κ2) is 9.88. The van der Waals surface area contributed by atoms with E-state index >= 15 is 0 Å². The van der Waals surface area contributed by atoms with Crippen LogP contribution in [0.4, 0.5) is 0 Å². The maximum absolute atomic E-state index is 13.4. The lowest BCUT2D eigenvalue weighted by Gasteiger charge is -2.26. The van der Waals surface area contributed by atoms with E-state index in [0.29, 0.717) is 37.1 Å². The summed E-state index contributed by atoms with van der Waals surface area (Å²) in [6, 6.07) is 34.3. The lowest BCUT2D eigenvalue weighted by atomic mass is 9.78. The summed E-state index contributed by atoms with van der Waals surface area (Å²) in [5.74, 6) is 0.140. The summed E-state index contributed by atoms with van der Waals surface area (Å²) in [4.78, 5) is 18.3. The van der Waals surface area contributed by atoms with Crippen molar-refractivity contribution in [3.05, 3.63) is 131 Å². The molecule has 1 fully saturated rings. The van der Waals surface area contributed by atoms with Crippen LogP contribution in [0.1, 0.15) is 35.4 Å². The second-order valence-corrected chi connectivity index (χ2v) is 8.82. The Morgan fingerprint density at radius 3 is 2.26 bits per heavy atom. The van der Waals surface area contributed by atoms with Crippen molar-refractivity contribution in [3.63, 3.8) is 0 Å². The van der Waals surface area contributed by atoms with Crippen LogP contribution in [0.15, 0.2) is 119 Å². The molecule has 4 aromatic rings. The number of aliphatic hydroxyl groups excluding tert-OH is 1. The fraction of sp³-hybridized carbons (Fsp3) is 0.161. The largest absolute Gasteiger partial charge is 0.511 e. The summed E-state index contributed by atoms with van der Waals surface area (Å²) < 4.78 is 0. The zero-order chi connectivity index (χ0) is 23.3. The van der Waals surface area contributed by atoms with Gasteiger partial charge in [0.25, 0.3) is 0 Å². The molecule has 1 aliphatic rings. The van der Waals surface area contributed by atoms with Crippen LogP contribution >= 0.6 is 0 Å². The number of hydrogen-bond donors (Lipinski definition) is 1. The van der Waals surface area contributed by atoms with E-state index in [2.05, 4.69) is 30.3 Å². The number of aliphatic hydroxyl groups is 1. The standard InChI is InChI=1S/C31H27NO2/c33-29(19-25-16-9-15-24-14-7-8-17-27(24)25)31-28(32-21-22-10-3-1-4-11-22)18-26(20-30(31)34)23-12-5-2-6-13-23/h1-17,26,33H,18-21H2. The number of Topliss-reactive ketones (excluding diaryl/α,β-unsaturated/α-hetero) is 1. The Labute approximate surface area is 200 Å². The Bertz CT molecular complexity index is 1370. The van der Waals surface area contributed by atoms with Gasteiger partial charge in [-0.3, -0.25) is 9.79 Å². The molecular formula is C31H27NO2. The average Bonchev–Trinajstić information content (AvgIpc) is 2.88. The SMILES string of the molecule is O=C1CC(c2ccccc2)CC(=NCc2ccccc2)C1=C(O)Cc1cccc2ccccc12. The monoisotopic (exact) mass is 445 g/mol. The highest BCUT2D eigenvalue weighted by molar-refractivity contribution is 6.24. The quantitative estimate of drug-likeness (QED) is 0.266. The smallest absolute Gasteiger partial charge is 0.168 e. The molecule has 0 aromatic heterocycles. The van der Waals surface area contributed by atoms with E-state index < -0.39 is 0 Å². The van der Waals surface area contributed by atoms with E-state index in [4.69, 9.17) is 4.99 Å². The first-order valence-corrected chi connectivity index (χ1v) is 11.7. The molecule has 1 aliphatic carbocycles. The first-order chi connectivity index (χ1) is 16.7. The minimum atomic E-state index is -0.0374. The molecule has 1 saturated carbocycles. The molecule has 0 heterocycles. The van der Waals surface area contributed by atoms with Crippen LogP contribution in [0, 0.1) is 0 Å². The van der Waals surface area contributed by atoms with Gasteiger partial charge >= 0.3 is 0 Å². The molecule has 3 nitrogen and oxygen atoms in total. The van der Waals surface area contributed by atoms with Gasteiger partial charge in [0, 0.05) is 12.8 Å². The van der Waals surface area contributed by atoms with Crippen molar-refractivity contribution in [3.8, 4) is 0 Å². The van der Waals surface area contributed by atoms with Gasteiger partial charge in [-0.2, -0.15) is 0 Å². The predicted molar refractivity (Wildman–Crippen MR) is 138 cm³/mol. The number of benzene rings is 4. The molecule has 3 heteroatoms. The Morgan fingerprint density at radius 2 is 1.47 bits per heavy atom. The molecule has 1 unspecified atom stereocenters. The topological polar surface area (TPSA) is 49.7 Å². The van der Waals surface area contributed by atoms with Crippen LogP contribution in [-0.4, -0.2) is 16.6 Å². The molecule has 168 valence electrons. The van der Waals surface area contributed by atoms with E-state index in [0.717, 1.165) is 27.5 Å². The highest BCUT2D eigenvalue weighted by atomic mass is 16.3. The average molecular weight is 446 g/mol. The summed E-state index contributed by atoms with van der Waals surface area (Å²) in [5, 5.41) is 13.5. The number of carbonyl (C=O) groups is 1. The minimum Gasteiger partial charge on any atom is -0.511 e. The molecule has 0 spiro atoms. The number of rotatable bonds is 5. The molecule has 0 saturated heterocycles. The van der Waals surface area contributed by atoms with Crippen molar-refractivity contribution in [1.82, 2.24) is 0 Å². The minimum absolute atomic E-state index is 0.0374. The van der Waals surface area contributed by atoms with E-state index in [1.54, 1.807) is 0 Å². The molecule has 1 atom stereocenters. The van der Waals surface area contributed by atoms with Crippen LogP contribution in [0.3, 0.4) is 0 Å². The van der Waals surface area contributed by atoms with Gasteiger partial charge < -0.3 is 5.11 Å². The van der Waals surface area contributed by atoms with E-state index in [9.17, 15) is 9.90 Å². The van der Waals surface area contributed by atoms with Gasteiger partial charge in [-0.05, 0) is 39.8 Å². The molecular weight excluding hydrogens is 418 g/mol. The molecule has 0 radical (unpaired) electrons.